The lowest BCUT2D eigenvalue weighted by Crippen LogP contribution is -2.51. The van der Waals surface area contributed by atoms with Gasteiger partial charge in [-0.15, -0.1) is 0 Å². The quantitative estimate of drug-likeness (QED) is 0.573. The molecule has 2 nitrogen and oxygen atoms in total. The number of ether oxygens (including phenoxy) is 1. The van der Waals surface area contributed by atoms with Crippen LogP contribution in [0.3, 0.4) is 0 Å². The first kappa shape index (κ1) is 14.1. The van der Waals surface area contributed by atoms with Gasteiger partial charge in [-0.25, -0.2) is 0 Å². The van der Waals surface area contributed by atoms with Gasteiger partial charge in [-0.2, -0.15) is 0 Å². The molecule has 0 amide bonds. The molecular formula is C19H30O2. The molecule has 118 valence electrons. The van der Waals surface area contributed by atoms with E-state index in [0.717, 1.165) is 36.0 Å². The van der Waals surface area contributed by atoms with Crippen LogP contribution in [0, 0.1) is 47.3 Å². The Labute approximate surface area is 129 Å². The Morgan fingerprint density at radius 1 is 1.00 bits per heavy atom. The maximum absolute atomic E-state index is 12.3. The lowest BCUT2D eigenvalue weighted by Gasteiger charge is -2.48. The summed E-state index contributed by atoms with van der Waals surface area (Å²) in [4.78, 5) is 12.3. The van der Waals surface area contributed by atoms with E-state index in [0.29, 0.717) is 11.8 Å². The highest BCUT2D eigenvalue weighted by Gasteiger charge is 2.68. The van der Waals surface area contributed by atoms with Gasteiger partial charge in [0.05, 0.1) is 5.92 Å². The van der Waals surface area contributed by atoms with Gasteiger partial charge < -0.3 is 4.74 Å². The summed E-state index contributed by atoms with van der Waals surface area (Å²) in [7, 11) is 0. The normalized spacial score (nSPS) is 50.2. The maximum atomic E-state index is 12.3. The highest BCUT2D eigenvalue weighted by Crippen LogP contribution is 2.71. The minimum atomic E-state index is -0.141. The molecular weight excluding hydrogens is 260 g/mol. The second-order valence-corrected chi connectivity index (χ2v) is 8.98. The SMILES string of the molecule is CC(C)C(=O)OC1(C(C)C)CC2CC1C1C3CCC(C3)C21. The fourth-order valence-electron chi connectivity index (χ4n) is 6.83. The van der Waals surface area contributed by atoms with Gasteiger partial charge in [-0.05, 0) is 67.6 Å². The summed E-state index contributed by atoms with van der Waals surface area (Å²) in [5.41, 5.74) is -0.141. The molecule has 0 N–H and O–H groups in total. The Morgan fingerprint density at radius 3 is 2.29 bits per heavy atom. The van der Waals surface area contributed by atoms with Crippen molar-refractivity contribution in [3.63, 3.8) is 0 Å². The molecule has 0 radical (unpaired) electrons. The summed E-state index contributed by atoms with van der Waals surface area (Å²) >= 11 is 0. The Hall–Kier alpha value is -0.530. The minimum absolute atomic E-state index is 0.00409. The van der Waals surface area contributed by atoms with E-state index in [4.69, 9.17) is 4.74 Å². The van der Waals surface area contributed by atoms with Gasteiger partial charge in [-0.3, -0.25) is 4.79 Å². The van der Waals surface area contributed by atoms with E-state index >= 15 is 0 Å². The van der Waals surface area contributed by atoms with E-state index in [1.165, 1.54) is 25.7 Å². The summed E-state index contributed by atoms with van der Waals surface area (Å²) in [5.74, 6) is 5.81. The number of rotatable bonds is 3. The highest BCUT2D eigenvalue weighted by molar-refractivity contribution is 5.72. The Balaban J connectivity index is 1.64. The summed E-state index contributed by atoms with van der Waals surface area (Å²) in [6.45, 7) is 8.47. The van der Waals surface area contributed by atoms with Crippen LogP contribution < -0.4 is 0 Å². The zero-order valence-electron chi connectivity index (χ0n) is 14.0. The number of fused-ring (bicyclic) bond motifs is 9. The third kappa shape index (κ3) is 1.74. The van der Waals surface area contributed by atoms with Crippen molar-refractivity contribution in [3.05, 3.63) is 0 Å². The lowest BCUT2D eigenvalue weighted by atomic mass is 9.63. The van der Waals surface area contributed by atoms with Crippen LogP contribution in [0.2, 0.25) is 0 Å². The second-order valence-electron chi connectivity index (χ2n) is 8.98. The molecule has 4 saturated carbocycles. The number of carbonyl (C=O) groups excluding carboxylic acids is 1. The standard InChI is InChI=1S/C19H30O2/c1-10(2)18(20)21-19(11(3)4)9-14-8-15(19)17-13-6-5-12(7-13)16(14)17/h10-17H,5-9H2,1-4H3. The van der Waals surface area contributed by atoms with Gasteiger partial charge in [-0.1, -0.05) is 27.7 Å². The molecule has 4 fully saturated rings. The van der Waals surface area contributed by atoms with E-state index in [-0.39, 0.29) is 17.5 Å². The zero-order valence-corrected chi connectivity index (χ0v) is 14.0. The van der Waals surface area contributed by atoms with E-state index in [9.17, 15) is 4.79 Å². The summed E-state index contributed by atoms with van der Waals surface area (Å²) < 4.78 is 6.23. The van der Waals surface area contributed by atoms with E-state index in [1.807, 2.05) is 13.8 Å². The van der Waals surface area contributed by atoms with Crippen LogP contribution >= 0.6 is 0 Å². The van der Waals surface area contributed by atoms with Gasteiger partial charge in [0.15, 0.2) is 0 Å². The number of hydrogen-bond acceptors (Lipinski definition) is 2. The molecule has 0 aromatic rings. The first-order valence-corrected chi connectivity index (χ1v) is 9.17. The van der Waals surface area contributed by atoms with Crippen molar-refractivity contribution in [2.45, 2.75) is 65.4 Å². The molecule has 0 aromatic heterocycles. The van der Waals surface area contributed by atoms with Crippen LogP contribution in [0.5, 0.6) is 0 Å². The molecule has 0 heterocycles. The van der Waals surface area contributed by atoms with E-state index in [1.54, 1.807) is 0 Å². The molecule has 4 aliphatic carbocycles. The molecule has 7 atom stereocenters. The van der Waals surface area contributed by atoms with Crippen LogP contribution in [0.4, 0.5) is 0 Å². The van der Waals surface area contributed by atoms with Gasteiger partial charge >= 0.3 is 5.97 Å². The molecule has 21 heavy (non-hydrogen) atoms. The van der Waals surface area contributed by atoms with Crippen LogP contribution in [0.25, 0.3) is 0 Å². The van der Waals surface area contributed by atoms with Crippen molar-refractivity contribution in [1.29, 1.82) is 0 Å². The van der Waals surface area contributed by atoms with Crippen LogP contribution in [-0.2, 0) is 9.53 Å². The highest BCUT2D eigenvalue weighted by atomic mass is 16.6. The van der Waals surface area contributed by atoms with Gasteiger partial charge in [0.25, 0.3) is 0 Å². The van der Waals surface area contributed by atoms with Crippen LogP contribution in [0.1, 0.15) is 59.8 Å². The van der Waals surface area contributed by atoms with Crippen molar-refractivity contribution in [1.82, 2.24) is 0 Å². The average molecular weight is 290 g/mol. The van der Waals surface area contributed by atoms with Crippen molar-refractivity contribution < 1.29 is 9.53 Å². The first-order chi connectivity index (χ1) is 9.94. The molecule has 2 heteroatoms. The average Bonchev–Trinajstić information content (AvgIpc) is 3.15. The minimum Gasteiger partial charge on any atom is -0.458 e. The fourth-order valence-corrected chi connectivity index (χ4v) is 6.83. The predicted octanol–water partition coefficient (Wildman–Crippen LogP) is 4.28. The molecule has 0 aromatic carbocycles. The molecule has 4 bridgehead atoms. The third-order valence-electron chi connectivity index (χ3n) is 7.56. The van der Waals surface area contributed by atoms with Crippen molar-refractivity contribution >= 4 is 5.97 Å². The molecule has 4 rings (SSSR count). The zero-order chi connectivity index (χ0) is 14.9. The molecule has 0 spiro atoms. The van der Waals surface area contributed by atoms with Crippen LogP contribution in [0.15, 0.2) is 0 Å². The van der Waals surface area contributed by atoms with Gasteiger partial charge in [0, 0.05) is 5.92 Å². The van der Waals surface area contributed by atoms with Crippen LogP contribution in [-0.4, -0.2) is 11.6 Å². The summed E-state index contributed by atoms with van der Waals surface area (Å²) in [6, 6.07) is 0. The smallest absolute Gasteiger partial charge is 0.308 e. The summed E-state index contributed by atoms with van der Waals surface area (Å²) in [5, 5.41) is 0. The number of carbonyl (C=O) groups is 1. The van der Waals surface area contributed by atoms with Gasteiger partial charge in [0.2, 0.25) is 0 Å². The van der Waals surface area contributed by atoms with E-state index in [2.05, 4.69) is 13.8 Å². The Bertz CT molecular complexity index is 454. The maximum Gasteiger partial charge on any atom is 0.308 e. The first-order valence-electron chi connectivity index (χ1n) is 9.17. The monoisotopic (exact) mass is 290 g/mol. The lowest BCUT2D eigenvalue weighted by molar-refractivity contribution is -0.184. The molecule has 7 unspecified atom stereocenters. The van der Waals surface area contributed by atoms with Crippen molar-refractivity contribution in [3.8, 4) is 0 Å². The topological polar surface area (TPSA) is 26.3 Å². The van der Waals surface area contributed by atoms with E-state index < -0.39 is 0 Å². The number of hydrogen-bond donors (Lipinski definition) is 0. The summed E-state index contributed by atoms with van der Waals surface area (Å²) in [6.07, 6.45) is 6.90. The Morgan fingerprint density at radius 2 is 1.67 bits per heavy atom. The molecule has 4 aliphatic rings. The fraction of sp³-hybridized carbons (Fsp3) is 0.947. The van der Waals surface area contributed by atoms with Crippen molar-refractivity contribution in [2.24, 2.45) is 47.3 Å². The predicted molar refractivity (Wildman–Crippen MR) is 82.5 cm³/mol. The second kappa shape index (κ2) is 4.49. The molecule has 0 saturated heterocycles. The number of esters is 1. The Kier molecular flexibility index (Phi) is 3.01. The van der Waals surface area contributed by atoms with Crippen molar-refractivity contribution in [2.75, 3.05) is 0 Å². The third-order valence-corrected chi connectivity index (χ3v) is 7.56. The largest absolute Gasteiger partial charge is 0.458 e. The molecule has 0 aliphatic heterocycles. The van der Waals surface area contributed by atoms with Gasteiger partial charge in [0.1, 0.15) is 5.60 Å².